The third-order valence-electron chi connectivity index (χ3n) is 2.46. The Morgan fingerprint density at radius 1 is 1.27 bits per heavy atom. The highest BCUT2D eigenvalue weighted by atomic mass is 35.7. The first-order chi connectivity index (χ1) is 4.85. The van der Waals surface area contributed by atoms with Crippen LogP contribution in [0.15, 0.2) is 0 Å². The van der Waals surface area contributed by atoms with Crippen molar-refractivity contribution < 1.29 is 9.05 Å². The average molecular weight is 197 g/mol. The zero-order chi connectivity index (χ0) is 8.70. The van der Waals surface area contributed by atoms with Crippen LogP contribution < -0.4 is 0 Å². The van der Waals surface area contributed by atoms with Gasteiger partial charge in [-0.1, -0.05) is 13.8 Å². The molecular weight excluding hydrogens is 183 g/mol. The number of halogens is 1. The second-order valence-corrected chi connectivity index (χ2v) is 5.67. The Bertz CT molecular complexity index is 159. The van der Waals surface area contributed by atoms with Crippen LogP contribution in [0.25, 0.3) is 0 Å². The zero-order valence-electron chi connectivity index (χ0n) is 7.35. The van der Waals surface area contributed by atoms with Gasteiger partial charge in [-0.05, 0) is 25.1 Å². The van der Waals surface area contributed by atoms with Crippen molar-refractivity contribution >= 4 is 19.0 Å². The monoisotopic (exact) mass is 196 g/mol. The van der Waals surface area contributed by atoms with Crippen LogP contribution in [0.2, 0.25) is 0 Å². The van der Waals surface area contributed by atoms with Gasteiger partial charge in [-0.3, -0.25) is 0 Å². The highest BCUT2D eigenvalue weighted by Crippen LogP contribution is 2.56. The molecule has 0 saturated carbocycles. The molecule has 0 aromatic heterocycles. The van der Waals surface area contributed by atoms with Crippen LogP contribution in [-0.2, 0) is 9.05 Å². The van der Waals surface area contributed by atoms with Crippen molar-refractivity contribution in [3.8, 4) is 0 Å². The van der Waals surface area contributed by atoms with Gasteiger partial charge in [-0.25, -0.2) is 0 Å². The van der Waals surface area contributed by atoms with Crippen LogP contribution in [0.1, 0.15) is 27.7 Å². The van der Waals surface area contributed by atoms with Gasteiger partial charge in [0, 0.05) is 5.41 Å². The number of rotatable bonds is 0. The van der Waals surface area contributed by atoms with E-state index in [1.807, 2.05) is 13.8 Å². The van der Waals surface area contributed by atoms with Gasteiger partial charge in [-0.15, -0.1) is 0 Å². The Labute approximate surface area is 73.9 Å². The fourth-order valence-corrected chi connectivity index (χ4v) is 2.46. The minimum atomic E-state index is -1.17. The molecule has 1 aliphatic rings. The van der Waals surface area contributed by atoms with E-state index < -0.39 is 7.73 Å². The average Bonchev–Trinajstić information content (AvgIpc) is 1.80. The Kier molecular flexibility index (Phi) is 2.52. The summed E-state index contributed by atoms with van der Waals surface area (Å²) in [7, 11) is -1.17. The van der Waals surface area contributed by atoms with Gasteiger partial charge in [0.2, 0.25) is 0 Å². The van der Waals surface area contributed by atoms with Crippen LogP contribution in [0.4, 0.5) is 0 Å². The summed E-state index contributed by atoms with van der Waals surface area (Å²) in [6, 6.07) is 0. The van der Waals surface area contributed by atoms with E-state index in [9.17, 15) is 0 Å². The van der Waals surface area contributed by atoms with E-state index in [0.717, 1.165) is 0 Å². The molecule has 1 unspecified atom stereocenters. The lowest BCUT2D eigenvalue weighted by molar-refractivity contribution is -0.0682. The lowest BCUT2D eigenvalue weighted by atomic mass is 9.78. The van der Waals surface area contributed by atoms with Crippen molar-refractivity contribution in [1.82, 2.24) is 0 Å². The van der Waals surface area contributed by atoms with Gasteiger partial charge in [0.1, 0.15) is 0 Å². The molecule has 0 aliphatic carbocycles. The second kappa shape index (κ2) is 2.85. The first-order valence-electron chi connectivity index (χ1n) is 3.63. The lowest BCUT2D eigenvalue weighted by Gasteiger charge is -2.45. The van der Waals surface area contributed by atoms with Crippen molar-refractivity contribution in [2.45, 2.75) is 33.3 Å². The summed E-state index contributed by atoms with van der Waals surface area (Å²) in [5, 5.41) is 0. The topological polar surface area (TPSA) is 18.5 Å². The van der Waals surface area contributed by atoms with Crippen LogP contribution in [0.5, 0.6) is 0 Å². The molecule has 1 aliphatic heterocycles. The van der Waals surface area contributed by atoms with E-state index in [2.05, 4.69) is 13.8 Å². The van der Waals surface area contributed by atoms with E-state index >= 15 is 0 Å². The highest BCUT2D eigenvalue weighted by Gasteiger charge is 2.44. The van der Waals surface area contributed by atoms with Gasteiger partial charge in [0.05, 0.1) is 12.2 Å². The molecule has 0 aromatic carbocycles. The maximum absolute atomic E-state index is 5.75. The molecule has 4 heteroatoms. The third-order valence-corrected chi connectivity index (χ3v) is 3.89. The van der Waals surface area contributed by atoms with Crippen LogP contribution in [0.3, 0.4) is 0 Å². The van der Waals surface area contributed by atoms with Gasteiger partial charge >= 0.3 is 0 Å². The van der Waals surface area contributed by atoms with Crippen molar-refractivity contribution in [2.24, 2.45) is 5.41 Å². The summed E-state index contributed by atoms with van der Waals surface area (Å²) in [5.41, 5.74) is -0.139. The molecule has 1 saturated heterocycles. The van der Waals surface area contributed by atoms with Crippen LogP contribution >= 0.6 is 19.0 Å². The van der Waals surface area contributed by atoms with E-state index in [-0.39, 0.29) is 11.0 Å². The smallest absolute Gasteiger partial charge is 0.277 e. The van der Waals surface area contributed by atoms with E-state index in [1.54, 1.807) is 0 Å². The minimum Gasteiger partial charge on any atom is -0.321 e. The summed E-state index contributed by atoms with van der Waals surface area (Å²) < 4.78 is 10.7. The molecule has 1 heterocycles. The van der Waals surface area contributed by atoms with Crippen LogP contribution in [-0.4, -0.2) is 12.2 Å². The largest absolute Gasteiger partial charge is 0.321 e. The third kappa shape index (κ3) is 1.86. The molecule has 1 atom stereocenters. The molecular formula is C7H14ClO2P. The molecule has 0 bridgehead atoms. The van der Waals surface area contributed by atoms with Gasteiger partial charge in [0.15, 0.2) is 0 Å². The summed E-state index contributed by atoms with van der Waals surface area (Å²) in [4.78, 5) is 0. The van der Waals surface area contributed by atoms with Gasteiger partial charge in [-0.2, -0.15) is 0 Å². The van der Waals surface area contributed by atoms with Crippen molar-refractivity contribution in [3.63, 3.8) is 0 Å². The molecule has 1 rings (SSSR count). The SMILES string of the molecule is CC1(C)COP(Cl)OC1(C)C. The number of hydrogen-bond donors (Lipinski definition) is 0. The molecule has 11 heavy (non-hydrogen) atoms. The van der Waals surface area contributed by atoms with Crippen molar-refractivity contribution in [1.29, 1.82) is 0 Å². The normalized spacial score (nSPS) is 35.2. The fourth-order valence-electron chi connectivity index (χ4n) is 0.715. The fraction of sp³-hybridized carbons (Fsp3) is 1.00. The molecule has 66 valence electrons. The molecule has 0 aromatic rings. The molecule has 0 spiro atoms. The quantitative estimate of drug-likeness (QED) is 0.554. The summed E-state index contributed by atoms with van der Waals surface area (Å²) in [5.74, 6) is 0. The Morgan fingerprint density at radius 2 is 1.82 bits per heavy atom. The maximum atomic E-state index is 5.75. The molecule has 0 N–H and O–H groups in total. The minimum absolute atomic E-state index is 0.0424. The van der Waals surface area contributed by atoms with E-state index in [1.165, 1.54) is 0 Å². The van der Waals surface area contributed by atoms with Crippen molar-refractivity contribution in [2.75, 3.05) is 6.61 Å². The van der Waals surface area contributed by atoms with Crippen molar-refractivity contribution in [3.05, 3.63) is 0 Å². The molecule has 0 amide bonds. The summed E-state index contributed by atoms with van der Waals surface area (Å²) in [6.45, 7) is 9.01. The lowest BCUT2D eigenvalue weighted by Crippen LogP contribution is -2.46. The molecule has 1 fully saturated rings. The Morgan fingerprint density at radius 3 is 2.18 bits per heavy atom. The van der Waals surface area contributed by atoms with E-state index in [4.69, 9.17) is 20.3 Å². The molecule has 2 nitrogen and oxygen atoms in total. The second-order valence-electron chi connectivity index (χ2n) is 3.97. The maximum Gasteiger partial charge on any atom is 0.277 e. The summed E-state index contributed by atoms with van der Waals surface area (Å²) >= 11 is 5.75. The van der Waals surface area contributed by atoms with E-state index in [0.29, 0.717) is 6.61 Å². The summed E-state index contributed by atoms with van der Waals surface area (Å²) in [6.07, 6.45) is 0. The molecule has 0 radical (unpaired) electrons. The predicted octanol–water partition coefficient (Wildman–Crippen LogP) is 3.30. The highest BCUT2D eigenvalue weighted by molar-refractivity contribution is 7.76. The standard InChI is InChI=1S/C7H14ClO2P/c1-6(2)5-9-11(8)10-7(6,3)4/h5H2,1-4H3. The zero-order valence-corrected chi connectivity index (χ0v) is 9.00. The van der Waals surface area contributed by atoms with Gasteiger partial charge < -0.3 is 9.05 Å². The predicted molar refractivity (Wildman–Crippen MR) is 47.7 cm³/mol. The Hall–Kier alpha value is 0.640. The van der Waals surface area contributed by atoms with Crippen LogP contribution in [0, 0.1) is 5.41 Å². The van der Waals surface area contributed by atoms with Gasteiger partial charge in [0.25, 0.3) is 7.73 Å². The number of hydrogen-bond acceptors (Lipinski definition) is 2. The first-order valence-corrected chi connectivity index (χ1v) is 5.71. The first kappa shape index (κ1) is 9.73. The Balaban J connectivity index is 2.72.